The third kappa shape index (κ3) is 3.16. The molecule has 1 aromatic carbocycles. The second-order valence-electron chi connectivity index (χ2n) is 3.78. The first-order chi connectivity index (χ1) is 7.27. The topological polar surface area (TPSA) is 24.4 Å². The largest absolute Gasteiger partial charge is 0.335 e. The number of aryl methyl sites for hydroxylation is 2. The summed E-state index contributed by atoms with van der Waals surface area (Å²) in [7, 11) is 0. The molecule has 0 fully saturated rings. The van der Waals surface area contributed by atoms with Crippen molar-refractivity contribution < 1.29 is 0 Å². The van der Waals surface area contributed by atoms with Gasteiger partial charge in [0, 0.05) is 30.4 Å². The van der Waals surface area contributed by atoms with Gasteiger partial charge in [0.15, 0.2) is 5.17 Å². The van der Waals surface area contributed by atoms with E-state index < -0.39 is 0 Å². The Kier molecular flexibility index (Phi) is 5.16. The number of halogens is 1. The highest BCUT2D eigenvalue weighted by atomic mass is 35.5. The first-order valence-corrected chi connectivity index (χ1v) is 6.26. The monoisotopic (exact) mass is 255 g/mol. The minimum Gasteiger partial charge on any atom is -0.335 e. The fourth-order valence-corrected chi connectivity index (χ4v) is 2.48. The summed E-state index contributed by atoms with van der Waals surface area (Å²) in [5, 5.41) is 4.50. The molecule has 0 atom stereocenters. The smallest absolute Gasteiger partial charge is 0.161 e. The van der Waals surface area contributed by atoms with Crippen LogP contribution in [0.15, 0.2) is 23.2 Å². The van der Waals surface area contributed by atoms with Crippen molar-refractivity contribution in [1.29, 1.82) is 0 Å². The van der Waals surface area contributed by atoms with E-state index in [1.54, 1.807) is 0 Å². The van der Waals surface area contributed by atoms with Crippen LogP contribution >= 0.6 is 24.2 Å². The van der Waals surface area contributed by atoms with Crippen molar-refractivity contribution >= 4 is 35.0 Å². The van der Waals surface area contributed by atoms with Crippen LogP contribution in [0.1, 0.15) is 17.5 Å². The van der Waals surface area contributed by atoms with Gasteiger partial charge in [0.2, 0.25) is 0 Å². The number of anilines is 1. The molecule has 0 aromatic heterocycles. The molecule has 1 aliphatic heterocycles. The normalized spacial score (nSPS) is 15.0. The maximum absolute atomic E-state index is 4.48. The molecule has 0 unspecified atom stereocenters. The van der Waals surface area contributed by atoms with Crippen molar-refractivity contribution in [2.24, 2.45) is 4.99 Å². The zero-order valence-electron chi connectivity index (χ0n) is 9.59. The molecule has 0 amide bonds. The van der Waals surface area contributed by atoms with Crippen LogP contribution in [-0.4, -0.2) is 17.5 Å². The molecular weight excluding hydrogens is 240 g/mol. The van der Waals surface area contributed by atoms with Crippen molar-refractivity contribution in [3.05, 3.63) is 29.3 Å². The van der Waals surface area contributed by atoms with Crippen LogP contribution in [0.3, 0.4) is 0 Å². The molecule has 2 nitrogen and oxygen atoms in total. The van der Waals surface area contributed by atoms with Gasteiger partial charge in [-0.1, -0.05) is 30.0 Å². The van der Waals surface area contributed by atoms with E-state index in [4.69, 9.17) is 0 Å². The first-order valence-electron chi connectivity index (χ1n) is 5.28. The molecular formula is C12H16ClN2S. The minimum atomic E-state index is 0. The summed E-state index contributed by atoms with van der Waals surface area (Å²) in [5.41, 5.74) is 3.78. The maximum Gasteiger partial charge on any atom is 0.161 e. The summed E-state index contributed by atoms with van der Waals surface area (Å²) in [6.45, 7) is 5.22. The Morgan fingerprint density at radius 3 is 2.50 bits per heavy atom. The summed E-state index contributed by atoms with van der Waals surface area (Å²) in [4.78, 5) is 4.48. The highest BCUT2D eigenvalue weighted by Gasteiger charge is 2.08. The lowest BCUT2D eigenvalue weighted by atomic mass is 10.1. The zero-order valence-corrected chi connectivity index (χ0v) is 11.2. The van der Waals surface area contributed by atoms with Crippen LogP contribution in [0, 0.1) is 13.8 Å². The Morgan fingerprint density at radius 1 is 1.25 bits per heavy atom. The number of para-hydroxylation sites is 1. The molecule has 1 N–H and O–H groups in total. The van der Waals surface area contributed by atoms with Gasteiger partial charge < -0.3 is 5.32 Å². The number of thioether (sulfide) groups is 1. The van der Waals surface area contributed by atoms with E-state index in [0.29, 0.717) is 0 Å². The molecule has 1 radical (unpaired) electrons. The molecule has 0 spiro atoms. The van der Waals surface area contributed by atoms with Gasteiger partial charge in [-0.3, -0.25) is 4.99 Å². The molecule has 87 valence electrons. The number of nitrogens with one attached hydrogen (secondary N) is 1. The third-order valence-corrected chi connectivity index (χ3v) is 3.51. The molecule has 2 rings (SSSR count). The lowest BCUT2D eigenvalue weighted by molar-refractivity contribution is 0.938. The molecule has 1 aromatic rings. The molecule has 0 saturated carbocycles. The Bertz CT molecular complexity index is 370. The van der Waals surface area contributed by atoms with Crippen molar-refractivity contribution in [1.82, 2.24) is 0 Å². The standard InChI is InChI=1S/C12H16N2S.Cl/c1-9-5-3-6-10(2)11(9)14-12-13-7-4-8-15-12;/h3,5-6H,4,7-8H2,1-2H3,(H,13,14);. The summed E-state index contributed by atoms with van der Waals surface area (Å²) in [5.74, 6) is 1.18. The molecule has 0 aliphatic carbocycles. The average molecular weight is 256 g/mol. The number of amidine groups is 1. The van der Waals surface area contributed by atoms with Gasteiger partial charge >= 0.3 is 0 Å². The quantitative estimate of drug-likeness (QED) is 0.823. The van der Waals surface area contributed by atoms with Crippen molar-refractivity contribution in [3.63, 3.8) is 0 Å². The van der Waals surface area contributed by atoms with E-state index in [9.17, 15) is 0 Å². The Balaban J connectivity index is 0.00000128. The van der Waals surface area contributed by atoms with Gasteiger partial charge in [0.25, 0.3) is 0 Å². The molecule has 0 bridgehead atoms. The zero-order chi connectivity index (χ0) is 10.7. The number of rotatable bonds is 1. The lowest BCUT2D eigenvalue weighted by Gasteiger charge is -2.16. The number of aliphatic imine (C=N–C) groups is 1. The fourth-order valence-electron chi connectivity index (χ4n) is 1.65. The third-order valence-electron chi connectivity index (χ3n) is 2.51. The second kappa shape index (κ2) is 6.16. The van der Waals surface area contributed by atoms with Crippen molar-refractivity contribution in [2.45, 2.75) is 20.3 Å². The van der Waals surface area contributed by atoms with E-state index in [0.717, 1.165) is 11.7 Å². The van der Waals surface area contributed by atoms with Crippen LogP contribution in [0.4, 0.5) is 5.69 Å². The lowest BCUT2D eigenvalue weighted by Crippen LogP contribution is -2.14. The first kappa shape index (κ1) is 13.4. The summed E-state index contributed by atoms with van der Waals surface area (Å²) >= 11 is 1.81. The summed E-state index contributed by atoms with van der Waals surface area (Å²) in [6.07, 6.45) is 1.20. The molecule has 4 heteroatoms. The van der Waals surface area contributed by atoms with E-state index >= 15 is 0 Å². The molecule has 0 saturated heterocycles. The van der Waals surface area contributed by atoms with Crippen LogP contribution < -0.4 is 5.32 Å². The van der Waals surface area contributed by atoms with E-state index in [1.807, 2.05) is 11.8 Å². The predicted molar refractivity (Wildman–Crippen MR) is 74.8 cm³/mol. The van der Waals surface area contributed by atoms with Gasteiger partial charge in [-0.25, -0.2) is 0 Å². The highest BCUT2D eigenvalue weighted by Crippen LogP contribution is 2.22. The Morgan fingerprint density at radius 2 is 1.94 bits per heavy atom. The van der Waals surface area contributed by atoms with Crippen LogP contribution in [0.25, 0.3) is 0 Å². The predicted octanol–water partition coefficient (Wildman–Crippen LogP) is 3.90. The van der Waals surface area contributed by atoms with Gasteiger partial charge in [-0.15, -0.1) is 0 Å². The number of benzene rings is 1. The number of hydrogen-bond acceptors (Lipinski definition) is 3. The molecule has 1 aliphatic rings. The molecule has 1 heterocycles. The number of nitrogens with zero attached hydrogens (tertiary/aromatic N) is 1. The second-order valence-corrected chi connectivity index (χ2v) is 4.86. The summed E-state index contributed by atoms with van der Waals surface area (Å²) in [6, 6.07) is 6.35. The van der Waals surface area contributed by atoms with Crippen LogP contribution in [-0.2, 0) is 0 Å². The van der Waals surface area contributed by atoms with E-state index in [-0.39, 0.29) is 12.4 Å². The van der Waals surface area contributed by atoms with Gasteiger partial charge in [0.1, 0.15) is 0 Å². The van der Waals surface area contributed by atoms with Crippen molar-refractivity contribution in [2.75, 3.05) is 17.6 Å². The average Bonchev–Trinajstić information content (AvgIpc) is 2.25. The van der Waals surface area contributed by atoms with Crippen LogP contribution in [0.5, 0.6) is 0 Å². The highest BCUT2D eigenvalue weighted by molar-refractivity contribution is 8.14. The fraction of sp³-hybridized carbons (Fsp3) is 0.417. The van der Waals surface area contributed by atoms with E-state index in [2.05, 4.69) is 42.4 Å². The van der Waals surface area contributed by atoms with Crippen LogP contribution in [0.2, 0.25) is 0 Å². The molecule has 16 heavy (non-hydrogen) atoms. The van der Waals surface area contributed by atoms with E-state index in [1.165, 1.54) is 29.0 Å². The maximum atomic E-state index is 4.48. The Hall–Kier alpha value is -0.670. The van der Waals surface area contributed by atoms with Gasteiger partial charge in [-0.05, 0) is 31.4 Å². The number of hydrogen-bond donors (Lipinski definition) is 1. The SMILES string of the molecule is Cc1cccc(C)c1NC1=NCCCS1.[Cl]. The van der Waals surface area contributed by atoms with Gasteiger partial charge in [-0.2, -0.15) is 0 Å². The Labute approximate surface area is 107 Å². The van der Waals surface area contributed by atoms with Crippen molar-refractivity contribution in [3.8, 4) is 0 Å². The minimum absolute atomic E-state index is 0. The van der Waals surface area contributed by atoms with Gasteiger partial charge in [0.05, 0.1) is 0 Å². The summed E-state index contributed by atoms with van der Waals surface area (Å²) < 4.78 is 0.